The Labute approximate surface area is 206 Å². The van der Waals surface area contributed by atoms with Crippen LogP contribution >= 0.6 is 0 Å². The monoisotopic (exact) mass is 494 g/mol. The Morgan fingerprint density at radius 3 is 2.43 bits per heavy atom. The third-order valence-electron chi connectivity index (χ3n) is 6.14. The van der Waals surface area contributed by atoms with E-state index in [2.05, 4.69) is 32.7 Å². The number of carbonyl (C=O) groups is 1. The normalized spacial score (nSPS) is 18.3. The van der Waals surface area contributed by atoms with Gasteiger partial charge >= 0.3 is 6.03 Å². The molecule has 184 valence electrons. The highest BCUT2D eigenvalue weighted by Crippen LogP contribution is 2.30. The van der Waals surface area contributed by atoms with E-state index >= 15 is 0 Å². The number of pyridine rings is 1. The van der Waals surface area contributed by atoms with Crippen molar-refractivity contribution in [2.75, 3.05) is 44.9 Å². The zero-order chi connectivity index (χ0) is 24.8. The molecule has 9 heteroatoms. The predicted octanol–water partition coefficient (Wildman–Crippen LogP) is 3.39. The van der Waals surface area contributed by atoms with Gasteiger partial charge in [-0.25, -0.2) is 13.2 Å². The summed E-state index contributed by atoms with van der Waals surface area (Å²) in [6.07, 6.45) is 2.43. The van der Waals surface area contributed by atoms with Gasteiger partial charge in [0.05, 0.1) is 28.9 Å². The number of aromatic nitrogens is 1. The lowest BCUT2D eigenvalue weighted by Gasteiger charge is -2.21. The minimum absolute atomic E-state index is 0.0428. The van der Waals surface area contributed by atoms with Gasteiger partial charge in [0.15, 0.2) is 9.84 Å². The van der Waals surface area contributed by atoms with Gasteiger partial charge in [0.2, 0.25) is 0 Å². The summed E-state index contributed by atoms with van der Waals surface area (Å²) in [5, 5.41) is 5.97. The Hall–Kier alpha value is -3.27. The van der Waals surface area contributed by atoms with Gasteiger partial charge in [-0.05, 0) is 11.6 Å². The van der Waals surface area contributed by atoms with Crippen molar-refractivity contribution in [3.63, 3.8) is 0 Å². The number of rotatable bonds is 8. The largest absolute Gasteiger partial charge is 0.383 e. The van der Waals surface area contributed by atoms with Crippen molar-refractivity contribution >= 4 is 21.6 Å². The first-order chi connectivity index (χ1) is 16.8. The summed E-state index contributed by atoms with van der Waals surface area (Å²) in [5.41, 5.74) is 2.77. The Kier molecular flexibility index (Phi) is 7.80. The first-order valence-electron chi connectivity index (χ1n) is 11.4. The fraction of sp³-hybridized carbons (Fsp3) is 0.308. The molecule has 0 spiro atoms. The summed E-state index contributed by atoms with van der Waals surface area (Å²) < 4.78 is 29.5. The second kappa shape index (κ2) is 11.0. The maximum atomic E-state index is 13.2. The molecule has 4 rings (SSSR count). The smallest absolute Gasteiger partial charge is 0.319 e. The average Bonchev–Trinajstić information content (AvgIpc) is 3.25. The fourth-order valence-corrected chi connectivity index (χ4v) is 4.95. The summed E-state index contributed by atoms with van der Waals surface area (Å²) in [4.78, 5) is 19.8. The number of sulfone groups is 1. The van der Waals surface area contributed by atoms with Crippen molar-refractivity contribution in [3.05, 3.63) is 78.5 Å². The molecule has 1 aromatic heterocycles. The third-order valence-corrected chi connectivity index (χ3v) is 7.22. The fourth-order valence-electron chi connectivity index (χ4n) is 4.37. The number of nitrogens with zero attached hydrogens (tertiary/aromatic N) is 2. The zero-order valence-electron chi connectivity index (χ0n) is 19.8. The Morgan fingerprint density at radius 2 is 1.77 bits per heavy atom. The number of ether oxygens (including phenoxy) is 1. The van der Waals surface area contributed by atoms with Crippen LogP contribution in [0.3, 0.4) is 0 Å². The van der Waals surface area contributed by atoms with E-state index in [9.17, 15) is 13.2 Å². The first kappa shape index (κ1) is 24.8. The molecule has 35 heavy (non-hydrogen) atoms. The van der Waals surface area contributed by atoms with Crippen molar-refractivity contribution in [1.82, 2.24) is 15.2 Å². The number of carbonyl (C=O) groups excluding carboxylic acids is 1. The van der Waals surface area contributed by atoms with Crippen molar-refractivity contribution in [3.8, 4) is 11.3 Å². The number of nitrogens with one attached hydrogen (secondary N) is 2. The lowest BCUT2D eigenvalue weighted by atomic mass is 9.94. The van der Waals surface area contributed by atoms with E-state index in [0.29, 0.717) is 24.5 Å². The summed E-state index contributed by atoms with van der Waals surface area (Å²) in [5.74, 6) is 0.118. The molecular weight excluding hydrogens is 464 g/mol. The molecule has 0 radical (unpaired) electrons. The molecule has 8 nitrogen and oxygen atoms in total. The van der Waals surface area contributed by atoms with Crippen molar-refractivity contribution in [1.29, 1.82) is 0 Å². The molecule has 0 aliphatic carbocycles. The van der Waals surface area contributed by atoms with Gasteiger partial charge in [0, 0.05) is 50.7 Å². The number of hydrogen-bond donors (Lipinski definition) is 2. The van der Waals surface area contributed by atoms with Crippen LogP contribution in [0.25, 0.3) is 11.3 Å². The molecule has 2 atom stereocenters. The van der Waals surface area contributed by atoms with Gasteiger partial charge in [-0.2, -0.15) is 0 Å². The topological polar surface area (TPSA) is 101 Å². The van der Waals surface area contributed by atoms with Crippen LogP contribution in [0.1, 0.15) is 11.5 Å². The maximum absolute atomic E-state index is 13.2. The number of likely N-dealkylation sites (tertiary alicyclic amines) is 1. The van der Waals surface area contributed by atoms with Crippen molar-refractivity contribution in [2.45, 2.75) is 16.9 Å². The molecule has 0 unspecified atom stereocenters. The lowest BCUT2D eigenvalue weighted by Crippen LogP contribution is -2.42. The van der Waals surface area contributed by atoms with E-state index < -0.39 is 15.9 Å². The molecule has 2 heterocycles. The number of anilines is 1. The maximum Gasteiger partial charge on any atom is 0.319 e. The second-order valence-corrected chi connectivity index (χ2v) is 10.7. The highest BCUT2D eigenvalue weighted by molar-refractivity contribution is 7.90. The van der Waals surface area contributed by atoms with E-state index in [0.717, 1.165) is 30.5 Å². The summed E-state index contributed by atoms with van der Waals surface area (Å²) >= 11 is 0. The third kappa shape index (κ3) is 6.25. The van der Waals surface area contributed by atoms with E-state index in [-0.39, 0.29) is 16.9 Å². The van der Waals surface area contributed by atoms with Crippen LogP contribution in [0, 0.1) is 0 Å². The lowest BCUT2D eigenvalue weighted by molar-refractivity contribution is 0.159. The van der Waals surface area contributed by atoms with Gasteiger partial charge < -0.3 is 15.4 Å². The Balaban J connectivity index is 1.57. The van der Waals surface area contributed by atoms with Crippen LogP contribution in [0.2, 0.25) is 0 Å². The Morgan fingerprint density at radius 1 is 1.09 bits per heavy atom. The molecule has 2 amide bonds. The first-order valence-corrected chi connectivity index (χ1v) is 13.3. The second-order valence-electron chi connectivity index (χ2n) is 8.68. The van der Waals surface area contributed by atoms with Crippen molar-refractivity contribution < 1.29 is 17.9 Å². The molecule has 1 fully saturated rings. The van der Waals surface area contributed by atoms with Crippen LogP contribution < -0.4 is 10.6 Å². The summed E-state index contributed by atoms with van der Waals surface area (Å²) in [7, 11) is -1.82. The number of methoxy groups -OCH3 is 1. The highest BCUT2D eigenvalue weighted by atomic mass is 32.2. The molecule has 1 aliphatic rings. The van der Waals surface area contributed by atoms with Crippen LogP contribution in [-0.4, -0.2) is 70.0 Å². The molecule has 1 aliphatic heterocycles. The molecule has 0 saturated carbocycles. The quantitative estimate of drug-likeness (QED) is 0.498. The average molecular weight is 495 g/mol. The zero-order valence-corrected chi connectivity index (χ0v) is 20.7. The van der Waals surface area contributed by atoms with Gasteiger partial charge in [-0.1, -0.05) is 60.7 Å². The molecular formula is C26H30N4O4S. The number of amides is 2. The number of benzene rings is 2. The highest BCUT2D eigenvalue weighted by Gasteiger charge is 2.34. The molecule has 2 N–H and O–H groups in total. The van der Waals surface area contributed by atoms with E-state index in [1.807, 2.05) is 48.5 Å². The van der Waals surface area contributed by atoms with E-state index in [1.54, 1.807) is 7.11 Å². The van der Waals surface area contributed by atoms with Gasteiger partial charge in [0.25, 0.3) is 0 Å². The van der Waals surface area contributed by atoms with Crippen LogP contribution in [0.15, 0.2) is 77.8 Å². The van der Waals surface area contributed by atoms with Gasteiger partial charge in [-0.3, -0.25) is 9.88 Å². The predicted molar refractivity (Wildman–Crippen MR) is 136 cm³/mol. The molecule has 0 bridgehead atoms. The van der Waals surface area contributed by atoms with Crippen LogP contribution in [0.5, 0.6) is 0 Å². The molecule has 1 saturated heterocycles. The van der Waals surface area contributed by atoms with Crippen LogP contribution in [0.4, 0.5) is 10.5 Å². The molecule has 2 aromatic carbocycles. The summed E-state index contributed by atoms with van der Waals surface area (Å²) in [6, 6.07) is 20.4. The van der Waals surface area contributed by atoms with E-state index in [4.69, 9.17) is 4.74 Å². The summed E-state index contributed by atoms with van der Waals surface area (Å²) in [6.45, 7) is 2.88. The SMILES string of the molecule is COCCN1C[C@@H](NC(=O)Nc2cc(S(C)(=O)=O)cnc2-c2ccccc2)[C@H](c2ccccc2)C1. The number of urea groups is 1. The van der Waals surface area contributed by atoms with Gasteiger partial charge in [-0.15, -0.1) is 0 Å². The standard InChI is InChI=1S/C26H30N4O4S/c1-34-14-13-30-17-22(19-9-5-3-6-10-19)24(18-30)29-26(31)28-23-15-21(35(2,32)33)16-27-25(23)20-11-7-4-8-12-20/h3-12,15-16,22,24H,13-14,17-18H2,1-2H3,(H2,28,29,31)/t22-,24+/m0/s1. The van der Waals surface area contributed by atoms with Crippen molar-refractivity contribution in [2.24, 2.45) is 0 Å². The van der Waals surface area contributed by atoms with Gasteiger partial charge in [0.1, 0.15) is 0 Å². The number of hydrogen-bond acceptors (Lipinski definition) is 6. The van der Waals surface area contributed by atoms with E-state index in [1.165, 1.54) is 12.3 Å². The Bertz CT molecular complexity index is 1250. The molecule has 3 aromatic rings. The van der Waals surface area contributed by atoms with Crippen LogP contribution in [-0.2, 0) is 14.6 Å². The minimum atomic E-state index is -3.50. The minimum Gasteiger partial charge on any atom is -0.383 e.